The Morgan fingerprint density at radius 3 is 2.95 bits per heavy atom. The minimum Gasteiger partial charge on any atom is -0.478 e. The standard InChI is InChI=1S/C13H15N3O3/c14-6-12-15-10-2-1-8(13(17)18)5-11(10)16(12)7-9-3-4-19-9/h1-2,5,9H,3-4,6-7,14H2,(H,17,18). The highest BCUT2D eigenvalue weighted by atomic mass is 16.5. The molecule has 1 atom stereocenters. The van der Waals surface area contributed by atoms with Crippen molar-refractivity contribution in [3.05, 3.63) is 29.6 Å². The second-order valence-electron chi connectivity index (χ2n) is 4.63. The SMILES string of the molecule is NCc1nc2ccc(C(=O)O)cc2n1CC1CCO1. The number of nitrogens with zero attached hydrogens (tertiary/aromatic N) is 2. The average Bonchev–Trinajstić information content (AvgIpc) is 2.70. The van der Waals surface area contributed by atoms with Gasteiger partial charge >= 0.3 is 5.97 Å². The van der Waals surface area contributed by atoms with Crippen molar-refractivity contribution in [2.75, 3.05) is 6.61 Å². The molecular weight excluding hydrogens is 246 g/mol. The van der Waals surface area contributed by atoms with Crippen molar-refractivity contribution in [3.8, 4) is 0 Å². The van der Waals surface area contributed by atoms with Crippen molar-refractivity contribution >= 4 is 17.0 Å². The summed E-state index contributed by atoms with van der Waals surface area (Å²) in [5, 5.41) is 9.06. The number of carboxylic acid groups (broad SMARTS) is 1. The summed E-state index contributed by atoms with van der Waals surface area (Å²) in [6.07, 6.45) is 1.19. The molecule has 6 nitrogen and oxygen atoms in total. The fourth-order valence-electron chi connectivity index (χ4n) is 2.30. The summed E-state index contributed by atoms with van der Waals surface area (Å²) in [6.45, 7) is 1.78. The van der Waals surface area contributed by atoms with Crippen LogP contribution in [-0.4, -0.2) is 33.3 Å². The molecule has 0 radical (unpaired) electrons. The number of imidazole rings is 1. The Morgan fingerprint density at radius 1 is 1.58 bits per heavy atom. The van der Waals surface area contributed by atoms with Crippen molar-refractivity contribution < 1.29 is 14.6 Å². The Morgan fingerprint density at radius 2 is 2.37 bits per heavy atom. The molecule has 1 saturated heterocycles. The van der Waals surface area contributed by atoms with Gasteiger partial charge in [-0.3, -0.25) is 0 Å². The Bertz CT molecular complexity index is 631. The molecule has 0 amide bonds. The van der Waals surface area contributed by atoms with Crippen LogP contribution in [0.1, 0.15) is 22.6 Å². The number of benzene rings is 1. The van der Waals surface area contributed by atoms with Gasteiger partial charge < -0.3 is 20.1 Å². The molecule has 1 aliphatic rings. The lowest BCUT2D eigenvalue weighted by molar-refractivity contribution is -0.0590. The molecule has 1 aromatic carbocycles. The van der Waals surface area contributed by atoms with Gasteiger partial charge in [-0.1, -0.05) is 0 Å². The molecule has 1 fully saturated rings. The first-order valence-electron chi connectivity index (χ1n) is 6.23. The topological polar surface area (TPSA) is 90.4 Å². The van der Waals surface area contributed by atoms with E-state index in [1.807, 2.05) is 4.57 Å². The van der Waals surface area contributed by atoms with E-state index >= 15 is 0 Å². The number of aromatic carboxylic acids is 1. The zero-order chi connectivity index (χ0) is 13.4. The third-order valence-electron chi connectivity index (χ3n) is 3.44. The molecule has 2 heterocycles. The van der Waals surface area contributed by atoms with Crippen molar-refractivity contribution in [3.63, 3.8) is 0 Å². The van der Waals surface area contributed by atoms with Gasteiger partial charge in [-0.15, -0.1) is 0 Å². The molecule has 1 aromatic heterocycles. The van der Waals surface area contributed by atoms with Gasteiger partial charge in [0, 0.05) is 6.61 Å². The molecule has 0 bridgehead atoms. The molecule has 1 unspecified atom stereocenters. The first-order chi connectivity index (χ1) is 9.19. The van der Waals surface area contributed by atoms with Crippen LogP contribution in [0.3, 0.4) is 0 Å². The Kier molecular flexibility index (Phi) is 2.96. The van der Waals surface area contributed by atoms with Gasteiger partial charge in [-0.25, -0.2) is 9.78 Å². The predicted octanol–water partition coefficient (Wildman–Crippen LogP) is 0.982. The van der Waals surface area contributed by atoms with Gasteiger partial charge in [0.05, 0.1) is 35.8 Å². The number of rotatable bonds is 4. The minimum atomic E-state index is -0.941. The molecule has 100 valence electrons. The normalized spacial score (nSPS) is 18.5. The molecule has 0 spiro atoms. The maximum Gasteiger partial charge on any atom is 0.335 e. The van der Waals surface area contributed by atoms with Gasteiger partial charge in [-0.2, -0.15) is 0 Å². The Balaban J connectivity index is 2.08. The van der Waals surface area contributed by atoms with Gasteiger partial charge in [0.15, 0.2) is 0 Å². The van der Waals surface area contributed by atoms with Crippen LogP contribution in [0.2, 0.25) is 0 Å². The number of carbonyl (C=O) groups is 1. The maximum atomic E-state index is 11.0. The number of aromatic nitrogens is 2. The van der Waals surface area contributed by atoms with E-state index in [2.05, 4.69) is 4.98 Å². The number of hydrogen-bond acceptors (Lipinski definition) is 4. The van der Waals surface area contributed by atoms with E-state index in [4.69, 9.17) is 15.6 Å². The van der Waals surface area contributed by atoms with E-state index in [9.17, 15) is 4.79 Å². The highest BCUT2D eigenvalue weighted by molar-refractivity contribution is 5.92. The number of hydrogen-bond donors (Lipinski definition) is 2. The molecule has 19 heavy (non-hydrogen) atoms. The molecule has 0 aliphatic carbocycles. The molecule has 3 N–H and O–H groups in total. The summed E-state index contributed by atoms with van der Waals surface area (Å²) in [7, 11) is 0. The van der Waals surface area contributed by atoms with E-state index in [1.165, 1.54) is 0 Å². The van der Waals surface area contributed by atoms with Crippen molar-refractivity contribution in [2.45, 2.75) is 25.6 Å². The number of ether oxygens (including phenoxy) is 1. The largest absolute Gasteiger partial charge is 0.478 e. The van der Waals surface area contributed by atoms with Crippen LogP contribution in [-0.2, 0) is 17.8 Å². The second kappa shape index (κ2) is 4.64. The zero-order valence-electron chi connectivity index (χ0n) is 10.4. The molecule has 1 aliphatic heterocycles. The van der Waals surface area contributed by atoms with E-state index in [1.54, 1.807) is 18.2 Å². The summed E-state index contributed by atoms with van der Waals surface area (Å²) >= 11 is 0. The second-order valence-corrected chi connectivity index (χ2v) is 4.63. The fourth-order valence-corrected chi connectivity index (χ4v) is 2.30. The molecule has 2 aromatic rings. The lowest BCUT2D eigenvalue weighted by atomic mass is 10.1. The van der Waals surface area contributed by atoms with Gasteiger partial charge in [0.25, 0.3) is 0 Å². The summed E-state index contributed by atoms with van der Waals surface area (Å²) < 4.78 is 7.39. The third-order valence-corrected chi connectivity index (χ3v) is 3.44. The number of nitrogens with two attached hydrogens (primary N) is 1. The van der Waals surface area contributed by atoms with Crippen LogP contribution < -0.4 is 5.73 Å². The lowest BCUT2D eigenvalue weighted by Crippen LogP contribution is -2.32. The van der Waals surface area contributed by atoms with Crippen LogP contribution in [0.4, 0.5) is 0 Å². The van der Waals surface area contributed by atoms with Crippen molar-refractivity contribution in [1.29, 1.82) is 0 Å². The molecule has 3 rings (SSSR count). The summed E-state index contributed by atoms with van der Waals surface area (Å²) in [5.74, 6) is -0.183. The monoisotopic (exact) mass is 261 g/mol. The predicted molar refractivity (Wildman–Crippen MR) is 68.9 cm³/mol. The first-order valence-corrected chi connectivity index (χ1v) is 6.23. The minimum absolute atomic E-state index is 0.177. The van der Waals surface area contributed by atoms with E-state index in [0.29, 0.717) is 13.1 Å². The molecule has 0 saturated carbocycles. The van der Waals surface area contributed by atoms with Crippen LogP contribution in [0.15, 0.2) is 18.2 Å². The van der Waals surface area contributed by atoms with Gasteiger partial charge in [0.1, 0.15) is 5.82 Å². The summed E-state index contributed by atoms with van der Waals surface area (Å²) in [6, 6.07) is 4.92. The average molecular weight is 261 g/mol. The maximum absolute atomic E-state index is 11.0. The van der Waals surface area contributed by atoms with Crippen LogP contribution in [0.25, 0.3) is 11.0 Å². The lowest BCUT2D eigenvalue weighted by Gasteiger charge is -2.27. The van der Waals surface area contributed by atoms with E-state index in [0.717, 1.165) is 29.9 Å². The Hall–Kier alpha value is -1.92. The van der Waals surface area contributed by atoms with E-state index < -0.39 is 5.97 Å². The summed E-state index contributed by atoms with van der Waals surface area (Å²) in [5.41, 5.74) is 7.53. The van der Waals surface area contributed by atoms with Crippen LogP contribution in [0, 0.1) is 0 Å². The zero-order valence-corrected chi connectivity index (χ0v) is 10.4. The van der Waals surface area contributed by atoms with Crippen LogP contribution in [0.5, 0.6) is 0 Å². The smallest absolute Gasteiger partial charge is 0.335 e. The molecular formula is C13H15N3O3. The fraction of sp³-hybridized carbons (Fsp3) is 0.385. The Labute approximate surface area is 109 Å². The van der Waals surface area contributed by atoms with Crippen LogP contribution >= 0.6 is 0 Å². The number of carboxylic acids is 1. The number of fused-ring (bicyclic) bond motifs is 1. The first kappa shape index (κ1) is 12.1. The highest BCUT2D eigenvalue weighted by Crippen LogP contribution is 2.22. The quantitative estimate of drug-likeness (QED) is 0.856. The van der Waals surface area contributed by atoms with Crippen molar-refractivity contribution in [2.24, 2.45) is 5.73 Å². The van der Waals surface area contributed by atoms with Crippen molar-refractivity contribution in [1.82, 2.24) is 9.55 Å². The van der Waals surface area contributed by atoms with Gasteiger partial charge in [-0.05, 0) is 24.6 Å². The summed E-state index contributed by atoms with van der Waals surface area (Å²) in [4.78, 5) is 15.5. The molecule has 6 heteroatoms. The highest BCUT2D eigenvalue weighted by Gasteiger charge is 2.21. The van der Waals surface area contributed by atoms with E-state index in [-0.39, 0.29) is 11.7 Å². The third kappa shape index (κ3) is 2.09. The van der Waals surface area contributed by atoms with Gasteiger partial charge in [0.2, 0.25) is 0 Å².